The number of carbonyl (C=O) groups is 5. The molecule has 13 nitrogen and oxygen atoms in total. The molecule has 61 heavy (non-hydrogen) atoms. The summed E-state index contributed by atoms with van der Waals surface area (Å²) in [5.74, 6) is -10.9. The Kier molecular flexibility index (Phi) is 16.3. The smallest absolute Gasteiger partial charge is 0.377 e. The summed E-state index contributed by atoms with van der Waals surface area (Å²) in [5.41, 5.74) is 0.595. The Hall–Kier alpha value is -4.84. The predicted octanol–water partition coefficient (Wildman–Crippen LogP) is 8.54. The van der Waals surface area contributed by atoms with Gasteiger partial charge < -0.3 is 39.2 Å². The molecule has 1 saturated heterocycles. The highest BCUT2D eigenvalue weighted by Gasteiger charge is 2.65. The fourth-order valence-corrected chi connectivity index (χ4v) is 10.0. The minimum absolute atomic E-state index is 0.117. The minimum atomic E-state index is -3.46. The van der Waals surface area contributed by atoms with Crippen molar-refractivity contribution in [3.8, 4) is 11.5 Å². The van der Waals surface area contributed by atoms with Crippen molar-refractivity contribution in [2.45, 2.75) is 133 Å². The monoisotopic (exact) mass is 877 g/mol. The number of nitrogens with zero attached hydrogens (tertiary/aromatic N) is 1. The Balaban J connectivity index is 1.73. The van der Waals surface area contributed by atoms with E-state index in [1.54, 1.807) is 32.9 Å². The molecule has 0 saturated carbocycles. The van der Waals surface area contributed by atoms with E-state index in [-0.39, 0.29) is 5.92 Å². The molecule has 1 fully saturated rings. The van der Waals surface area contributed by atoms with Crippen LogP contribution in [0.1, 0.15) is 57.1 Å². The van der Waals surface area contributed by atoms with Crippen LogP contribution in [0, 0.1) is 5.92 Å². The summed E-state index contributed by atoms with van der Waals surface area (Å²) in [5, 5.41) is 30.5. The summed E-state index contributed by atoms with van der Waals surface area (Å²) in [6, 6.07) is 27.0. The number of carbonyl (C=O) groups excluding carboxylic acids is 2. The molecule has 0 bridgehead atoms. The second kappa shape index (κ2) is 20.4. The first-order valence-electron chi connectivity index (χ1n) is 20.9. The van der Waals surface area contributed by atoms with Crippen molar-refractivity contribution in [1.82, 2.24) is 4.90 Å². The lowest BCUT2D eigenvalue weighted by molar-refractivity contribution is -0.222. The third-order valence-corrected chi connectivity index (χ3v) is 14.8. The zero-order valence-corrected chi connectivity index (χ0v) is 38.9. The Bertz CT molecular complexity index is 1930. The maximum Gasteiger partial charge on any atom is 0.377 e. The van der Waals surface area contributed by atoms with Crippen LogP contribution < -0.4 is 4.74 Å². The Morgan fingerprint density at radius 2 is 1.21 bits per heavy atom. The lowest BCUT2D eigenvalue weighted by atomic mass is 9.85. The van der Waals surface area contributed by atoms with Gasteiger partial charge in [0.05, 0.1) is 0 Å². The van der Waals surface area contributed by atoms with Gasteiger partial charge in [-0.05, 0) is 87.8 Å². The van der Waals surface area contributed by atoms with Crippen LogP contribution in [0.15, 0.2) is 84.9 Å². The molecule has 3 aromatic carbocycles. The molecule has 1 aliphatic heterocycles. The minimum Gasteiger partial charge on any atom is -0.480 e. The number of hydrogen-bond acceptors (Lipinski definition) is 9. The van der Waals surface area contributed by atoms with Crippen molar-refractivity contribution in [1.29, 1.82) is 0 Å². The molecular weight excluding hydrogens is 815 g/mol. The summed E-state index contributed by atoms with van der Waals surface area (Å²) < 4.78 is 23.1. The fraction of sp³-hybridized carbons (Fsp3) is 0.500. The van der Waals surface area contributed by atoms with Crippen molar-refractivity contribution in [2.24, 2.45) is 5.92 Å². The van der Waals surface area contributed by atoms with Gasteiger partial charge in [-0.1, -0.05) is 112 Å². The second-order valence-electron chi connectivity index (χ2n) is 18.9. The zero-order chi connectivity index (χ0) is 45.3. The average molecular weight is 878 g/mol. The number of amides is 1. The van der Waals surface area contributed by atoms with Gasteiger partial charge in [0, 0.05) is 28.1 Å². The number of hydrogen-bond donors (Lipinski definition) is 3. The number of carboxylic acid groups (broad SMARTS) is 3. The molecule has 4 rings (SSSR count). The molecule has 0 aliphatic carbocycles. The topological polar surface area (TPSA) is 186 Å². The first-order chi connectivity index (χ1) is 28.4. The van der Waals surface area contributed by atoms with Crippen LogP contribution in [0.3, 0.4) is 0 Å². The molecule has 1 heterocycles. The maximum atomic E-state index is 14.8. The Morgan fingerprint density at radius 3 is 1.70 bits per heavy atom. The quantitative estimate of drug-likeness (QED) is 0.0497. The van der Waals surface area contributed by atoms with Crippen molar-refractivity contribution in [3.05, 3.63) is 96.1 Å². The van der Waals surface area contributed by atoms with Crippen LogP contribution in [-0.2, 0) is 44.6 Å². The van der Waals surface area contributed by atoms with Crippen molar-refractivity contribution in [3.63, 3.8) is 0 Å². The molecule has 15 heteroatoms. The van der Waals surface area contributed by atoms with Crippen molar-refractivity contribution < 1.29 is 58.2 Å². The lowest BCUT2D eigenvalue weighted by Gasteiger charge is -2.38. The number of carboxylic acids is 3. The van der Waals surface area contributed by atoms with E-state index >= 15 is 0 Å². The van der Waals surface area contributed by atoms with E-state index in [9.17, 15) is 39.3 Å². The molecule has 3 aromatic rings. The van der Waals surface area contributed by atoms with E-state index in [0.29, 0.717) is 24.3 Å². The highest BCUT2D eigenvalue weighted by atomic mass is 28.3. The Morgan fingerprint density at radius 1 is 0.721 bits per heavy atom. The van der Waals surface area contributed by atoms with Crippen LogP contribution in [0.2, 0.25) is 51.4 Å². The molecule has 0 unspecified atom stereocenters. The van der Waals surface area contributed by atoms with Gasteiger partial charge in [0.25, 0.3) is 5.91 Å². The van der Waals surface area contributed by atoms with Crippen LogP contribution in [0.4, 0.5) is 0 Å². The van der Waals surface area contributed by atoms with E-state index in [1.165, 1.54) is 0 Å². The second-order valence-corrected chi connectivity index (χ2v) is 30.2. The summed E-state index contributed by atoms with van der Waals surface area (Å²) >= 11 is 0. The average Bonchev–Trinajstić information content (AvgIpc) is 3.60. The molecule has 332 valence electrons. The van der Waals surface area contributed by atoms with Gasteiger partial charge in [-0.15, -0.1) is 0 Å². The normalized spacial score (nSPS) is 17.6. The SMILES string of the molecule is C[C@H]([C@H](CCc1ccccc1)c1ccc(Oc2ccccc2)cc1)N(CC(=O)O)C(=O)[C@H]1OC(C(=O)O)(C(=O)O)O[C@@H]1C(=O)OC(C)(C)C(CC[Si](C)(C)C)CC[Si](C)(C)C. The molecule has 0 spiro atoms. The van der Waals surface area contributed by atoms with E-state index in [0.717, 1.165) is 41.0 Å². The number of aliphatic carboxylic acids is 3. The molecule has 1 amide bonds. The number of benzene rings is 3. The number of ether oxygens (including phenoxy) is 4. The predicted molar refractivity (Wildman–Crippen MR) is 236 cm³/mol. The summed E-state index contributed by atoms with van der Waals surface area (Å²) in [7, 11) is -3.07. The van der Waals surface area contributed by atoms with Crippen LogP contribution >= 0.6 is 0 Å². The van der Waals surface area contributed by atoms with Gasteiger partial charge in [-0.2, -0.15) is 0 Å². The third kappa shape index (κ3) is 13.6. The lowest BCUT2D eigenvalue weighted by Crippen LogP contribution is -2.54. The Labute approximate surface area is 361 Å². The first-order valence-corrected chi connectivity index (χ1v) is 28.3. The molecule has 0 radical (unpaired) electrons. The summed E-state index contributed by atoms with van der Waals surface area (Å²) in [6.07, 6.45) is -1.86. The van der Waals surface area contributed by atoms with Gasteiger partial charge >= 0.3 is 29.7 Å². The molecule has 0 aromatic heterocycles. The standard InChI is InChI=1S/C46H63NO12Si2/c1-31(37(25-20-32-16-12-10-13-17-32)33-21-23-36(24-22-33)56-35-18-14-11-15-19-35)47(30-38(48)49)41(50)39-40(58-46(57-39,43(52)53)44(54)55)42(51)59-45(2,3)34(26-28-60(4,5)6)27-29-61(7,8)9/h10-19,21-24,31,34,37,39-40H,20,25-30H2,1-9H3,(H,48,49)(H,52,53)(H,54,55)/t31-,37+,39+,40+/m1/s1. The zero-order valence-electron chi connectivity index (χ0n) is 36.9. The number of aryl methyl sites for hydroxylation is 1. The summed E-state index contributed by atoms with van der Waals surface area (Å²) in [4.78, 5) is 67.8. The van der Waals surface area contributed by atoms with Gasteiger partial charge in [0.1, 0.15) is 23.6 Å². The number of esters is 1. The molecular formula is C46H63NO12Si2. The molecule has 3 N–H and O–H groups in total. The highest BCUT2D eigenvalue weighted by Crippen LogP contribution is 2.39. The largest absolute Gasteiger partial charge is 0.480 e. The van der Waals surface area contributed by atoms with Gasteiger partial charge in [0.15, 0.2) is 12.2 Å². The molecule has 4 atom stereocenters. The highest BCUT2D eigenvalue weighted by molar-refractivity contribution is 6.76. The van der Waals surface area contributed by atoms with E-state index in [2.05, 4.69) is 39.3 Å². The molecule has 1 aliphatic rings. The van der Waals surface area contributed by atoms with Crippen LogP contribution in [0.5, 0.6) is 11.5 Å². The summed E-state index contributed by atoms with van der Waals surface area (Å²) in [6.45, 7) is 17.8. The van der Waals surface area contributed by atoms with Crippen LogP contribution in [0.25, 0.3) is 0 Å². The van der Waals surface area contributed by atoms with Crippen LogP contribution in [-0.4, -0.2) is 102 Å². The third-order valence-electron chi connectivity index (χ3n) is 11.3. The van der Waals surface area contributed by atoms with Gasteiger partial charge in [-0.3, -0.25) is 9.59 Å². The van der Waals surface area contributed by atoms with Crippen molar-refractivity contribution in [2.75, 3.05) is 6.54 Å². The van der Waals surface area contributed by atoms with Gasteiger partial charge in [0.2, 0.25) is 0 Å². The van der Waals surface area contributed by atoms with Crippen molar-refractivity contribution >= 4 is 45.9 Å². The first kappa shape index (κ1) is 48.8. The fourth-order valence-electron chi connectivity index (χ4n) is 7.62. The van der Waals surface area contributed by atoms with E-state index < -0.39 is 88.0 Å². The van der Waals surface area contributed by atoms with E-state index in [4.69, 9.17) is 18.9 Å². The number of rotatable bonds is 22. The van der Waals surface area contributed by atoms with Gasteiger partial charge in [-0.25, -0.2) is 14.4 Å². The maximum absolute atomic E-state index is 14.8. The number of para-hydroxylation sites is 1. The van der Waals surface area contributed by atoms with E-state index in [1.807, 2.05) is 72.8 Å².